The van der Waals surface area contributed by atoms with Crippen molar-refractivity contribution in [2.24, 2.45) is 0 Å². The molecular formula is C43H72I2. The van der Waals surface area contributed by atoms with Crippen molar-refractivity contribution in [1.82, 2.24) is 0 Å². The number of benzene rings is 4. The molecule has 0 bridgehead atoms. The van der Waals surface area contributed by atoms with Crippen LogP contribution in [-0.4, -0.2) is 0 Å². The fourth-order valence-electron chi connectivity index (χ4n) is 3.64. The van der Waals surface area contributed by atoms with Gasteiger partial charge in [-0.1, -0.05) is 220 Å². The topological polar surface area (TPSA) is 0 Å². The Hall–Kier alpha value is -1.66. The lowest BCUT2D eigenvalue weighted by Crippen LogP contribution is -2.06. The summed E-state index contributed by atoms with van der Waals surface area (Å²) >= 11 is 4.24. The first-order valence-electron chi connectivity index (χ1n) is 17.7. The second kappa shape index (κ2) is 51.9. The van der Waals surface area contributed by atoms with E-state index in [2.05, 4.69) is 146 Å². The van der Waals surface area contributed by atoms with Crippen LogP contribution in [0.15, 0.2) is 109 Å². The molecule has 0 fully saturated rings. The third-order valence-electron chi connectivity index (χ3n) is 5.09. The highest BCUT2D eigenvalue weighted by molar-refractivity contribution is 15.0. The molecule has 0 aliphatic heterocycles. The quantitative estimate of drug-likeness (QED) is 0.155. The summed E-state index contributed by atoms with van der Waals surface area (Å²) in [6.07, 6.45) is 3.24. The van der Waals surface area contributed by atoms with Gasteiger partial charge in [0.2, 0.25) is 0 Å². The van der Waals surface area contributed by atoms with Crippen LogP contribution >= 0.6 is 37.2 Å². The van der Waals surface area contributed by atoms with Crippen molar-refractivity contribution >= 4 is 37.2 Å². The zero-order valence-electron chi connectivity index (χ0n) is 32.3. The predicted molar refractivity (Wildman–Crippen MR) is 233 cm³/mol. The first-order valence-corrected chi connectivity index (χ1v) is 24.0. The van der Waals surface area contributed by atoms with E-state index in [1.807, 2.05) is 111 Å². The minimum absolute atomic E-state index is 1.03. The van der Waals surface area contributed by atoms with Crippen molar-refractivity contribution < 1.29 is 0 Å². The molecule has 0 aromatic heterocycles. The van der Waals surface area contributed by atoms with Gasteiger partial charge in [0.1, 0.15) is 0 Å². The van der Waals surface area contributed by atoms with E-state index in [1.165, 1.54) is 33.4 Å². The number of hydrogen-bond donors (Lipinski definition) is 0. The van der Waals surface area contributed by atoms with Crippen LogP contribution in [0.1, 0.15) is 144 Å². The van der Waals surface area contributed by atoms with Crippen LogP contribution in [0.4, 0.5) is 0 Å². The Morgan fingerprint density at radius 1 is 0.311 bits per heavy atom. The number of rotatable bonds is 2. The zero-order chi connectivity index (χ0) is 36.3. The van der Waals surface area contributed by atoms with Gasteiger partial charge in [0.15, 0.2) is 0 Å². The smallest absolute Gasteiger partial charge is 0 e. The second-order valence-electron chi connectivity index (χ2n) is 7.04. The lowest BCUT2D eigenvalue weighted by molar-refractivity contribution is 1.00. The summed E-state index contributed by atoms with van der Waals surface area (Å²) in [6.45, 7) is 32.0. The molecule has 0 amide bonds. The fraction of sp³-hybridized carbons (Fsp3) is 0.442. The van der Waals surface area contributed by atoms with Gasteiger partial charge in [0.05, 0.1) is 0 Å². The fourth-order valence-corrected chi connectivity index (χ4v) is 3.64. The maximum absolute atomic E-state index is 2.24. The van der Waals surface area contributed by atoms with E-state index < -0.39 is 0 Å². The Kier molecular flexibility index (Phi) is 64.3. The number of hydrogen-bond acceptors (Lipinski definition) is 0. The maximum atomic E-state index is 2.24. The van der Waals surface area contributed by atoms with E-state index >= 15 is 0 Å². The minimum Gasteiger partial charge on any atom is -0.0683 e. The molecule has 1 aliphatic rings. The lowest BCUT2D eigenvalue weighted by Gasteiger charge is -2.18. The molecule has 0 spiro atoms. The summed E-state index contributed by atoms with van der Waals surface area (Å²) < 4.78 is 0. The molecular weight excluding hydrogens is 770 g/mol. The van der Waals surface area contributed by atoms with Gasteiger partial charge in [-0.25, -0.2) is 0 Å². The zero-order valence-corrected chi connectivity index (χ0v) is 36.6. The van der Waals surface area contributed by atoms with Gasteiger partial charge in [-0.2, -0.15) is 0 Å². The summed E-state index contributed by atoms with van der Waals surface area (Å²) in [7, 11) is 0. The van der Waals surface area contributed by atoms with Crippen LogP contribution in [-0.2, 0) is 19.3 Å². The van der Waals surface area contributed by atoms with Crippen LogP contribution in [0.2, 0.25) is 0 Å². The van der Waals surface area contributed by atoms with Crippen molar-refractivity contribution in [3.8, 4) is 0 Å². The van der Waals surface area contributed by atoms with Crippen molar-refractivity contribution in [3.05, 3.63) is 143 Å². The van der Waals surface area contributed by atoms with Crippen LogP contribution in [0.3, 0.4) is 0 Å². The van der Waals surface area contributed by atoms with Crippen LogP contribution in [0.25, 0.3) is 0 Å². The summed E-state index contributed by atoms with van der Waals surface area (Å²) in [4.78, 5) is 0. The Bertz CT molecular complexity index is 871. The molecule has 2 heteroatoms. The molecule has 258 valence electrons. The van der Waals surface area contributed by atoms with E-state index in [-0.39, 0.29) is 0 Å². The SMILES string of the molecule is CC.CC.CC.CC.CC.CC.CC.CC.II.c1ccc(Cc2ccccc2)cc1.c1ccc2c(c1)Cc1ccccc1C2. The number of fused-ring (bicyclic) bond motifs is 2. The molecule has 0 atom stereocenters. The van der Waals surface area contributed by atoms with Gasteiger partial charge >= 0.3 is 0 Å². The third kappa shape index (κ3) is 29.5. The molecule has 0 saturated heterocycles. The summed E-state index contributed by atoms with van der Waals surface area (Å²) in [5.74, 6) is 0. The van der Waals surface area contributed by atoms with Gasteiger partial charge in [0.25, 0.3) is 0 Å². The maximum Gasteiger partial charge on any atom is 0 e. The summed E-state index contributed by atoms with van der Waals surface area (Å²) in [6, 6.07) is 38.6. The molecule has 1 aliphatic carbocycles. The van der Waals surface area contributed by atoms with Gasteiger partial charge < -0.3 is 0 Å². The van der Waals surface area contributed by atoms with Crippen molar-refractivity contribution in [2.75, 3.05) is 0 Å². The van der Waals surface area contributed by atoms with Crippen molar-refractivity contribution in [2.45, 2.75) is 130 Å². The second-order valence-corrected chi connectivity index (χ2v) is 7.04. The van der Waals surface area contributed by atoms with E-state index in [4.69, 9.17) is 0 Å². The van der Waals surface area contributed by atoms with E-state index in [0.717, 1.165) is 19.3 Å². The van der Waals surface area contributed by atoms with Crippen LogP contribution in [0, 0.1) is 0 Å². The van der Waals surface area contributed by atoms with Crippen molar-refractivity contribution in [3.63, 3.8) is 0 Å². The highest BCUT2D eigenvalue weighted by atomic mass is 128. The predicted octanol–water partition coefficient (Wildman–Crippen LogP) is 16.4. The highest BCUT2D eigenvalue weighted by Crippen LogP contribution is 2.26. The van der Waals surface area contributed by atoms with Crippen molar-refractivity contribution in [1.29, 1.82) is 0 Å². The highest BCUT2D eigenvalue weighted by Gasteiger charge is 2.13. The molecule has 0 nitrogen and oxygen atoms in total. The largest absolute Gasteiger partial charge is 0.0683 e. The average molecular weight is 843 g/mol. The molecule has 0 radical (unpaired) electrons. The average Bonchev–Trinajstić information content (AvgIpc) is 3.19. The standard InChI is InChI=1S/C14H12.C13H12.8C2H6.I2/c1-2-6-12-10-14-8-4-3-7-13(14)9-11(12)5-1;1-3-7-12(8-4-1)11-13-9-5-2-6-10-13;9*1-2/h1-8H,9-10H2;1-10H,11H2;8*1-2H3;. The molecule has 0 saturated carbocycles. The third-order valence-corrected chi connectivity index (χ3v) is 5.09. The van der Waals surface area contributed by atoms with Gasteiger partial charge in [0, 0.05) is 37.2 Å². The first kappa shape index (κ1) is 55.7. The van der Waals surface area contributed by atoms with Gasteiger partial charge in [-0.3, -0.25) is 0 Å². The Morgan fingerprint density at radius 2 is 0.489 bits per heavy atom. The Morgan fingerprint density at radius 3 is 0.689 bits per heavy atom. The molecule has 45 heavy (non-hydrogen) atoms. The van der Waals surface area contributed by atoms with Gasteiger partial charge in [-0.15, -0.1) is 0 Å². The summed E-state index contributed by atoms with van der Waals surface area (Å²) in [5.41, 5.74) is 8.71. The number of halogens is 2. The van der Waals surface area contributed by atoms with E-state index in [1.54, 1.807) is 0 Å². The first-order chi connectivity index (χ1) is 22.4. The Labute approximate surface area is 307 Å². The summed E-state index contributed by atoms with van der Waals surface area (Å²) in [5, 5.41) is 0. The lowest BCUT2D eigenvalue weighted by atomic mass is 9.86. The van der Waals surface area contributed by atoms with Gasteiger partial charge in [-0.05, 0) is 52.6 Å². The van der Waals surface area contributed by atoms with Crippen LogP contribution in [0.5, 0.6) is 0 Å². The van der Waals surface area contributed by atoms with E-state index in [9.17, 15) is 0 Å². The van der Waals surface area contributed by atoms with Crippen LogP contribution < -0.4 is 0 Å². The molecule has 5 rings (SSSR count). The molecule has 0 N–H and O–H groups in total. The van der Waals surface area contributed by atoms with E-state index in [0.29, 0.717) is 0 Å². The monoisotopic (exact) mass is 842 g/mol. The normalized spacial score (nSPS) is 8.13. The molecule has 0 heterocycles. The Balaban J connectivity index is -0.000000113. The molecule has 4 aromatic carbocycles. The minimum atomic E-state index is 1.03. The molecule has 0 unspecified atom stereocenters. The molecule has 4 aromatic rings.